The van der Waals surface area contributed by atoms with Gasteiger partial charge in [0.1, 0.15) is 6.54 Å². The molecular formula is C18H29ClN4O3. The molecule has 0 aromatic carbocycles. The molecule has 2 amide bonds. The van der Waals surface area contributed by atoms with Gasteiger partial charge in [-0.05, 0) is 52.6 Å². The summed E-state index contributed by atoms with van der Waals surface area (Å²) in [6.45, 7) is 8.62. The van der Waals surface area contributed by atoms with E-state index in [9.17, 15) is 14.4 Å². The van der Waals surface area contributed by atoms with Crippen LogP contribution < -0.4 is 21.5 Å². The maximum absolute atomic E-state index is 12.6. The smallest absolute Gasteiger partial charge is 0.253 e. The molecule has 2 rings (SSSR count). The summed E-state index contributed by atoms with van der Waals surface area (Å²) in [5.41, 5.74) is 1.33. The Hall–Kier alpha value is -1.86. The van der Waals surface area contributed by atoms with E-state index in [0.29, 0.717) is 29.4 Å². The van der Waals surface area contributed by atoms with Gasteiger partial charge < -0.3 is 20.5 Å². The van der Waals surface area contributed by atoms with Crippen molar-refractivity contribution in [1.29, 1.82) is 0 Å². The van der Waals surface area contributed by atoms with E-state index in [1.807, 2.05) is 13.8 Å². The molecule has 0 saturated carbocycles. The van der Waals surface area contributed by atoms with Gasteiger partial charge in [0.25, 0.3) is 11.5 Å². The second kappa shape index (κ2) is 9.73. The number of carbonyl (C=O) groups is 2. The topological polar surface area (TPSA) is 92.2 Å². The molecule has 146 valence electrons. The van der Waals surface area contributed by atoms with Gasteiger partial charge in [-0.2, -0.15) is 0 Å². The van der Waals surface area contributed by atoms with Gasteiger partial charge in [0.2, 0.25) is 5.91 Å². The van der Waals surface area contributed by atoms with Crippen LogP contribution in [-0.4, -0.2) is 41.6 Å². The third kappa shape index (κ3) is 5.57. The molecule has 1 saturated heterocycles. The Morgan fingerprint density at radius 3 is 2.62 bits per heavy atom. The molecule has 3 N–H and O–H groups in total. The summed E-state index contributed by atoms with van der Waals surface area (Å²) >= 11 is 0. The summed E-state index contributed by atoms with van der Waals surface area (Å²) in [5, 5.41) is 9.04. The molecule has 1 fully saturated rings. The molecule has 8 heteroatoms. The maximum Gasteiger partial charge on any atom is 0.253 e. The van der Waals surface area contributed by atoms with E-state index >= 15 is 0 Å². The first kappa shape index (κ1) is 22.2. The third-order valence-electron chi connectivity index (χ3n) is 4.42. The van der Waals surface area contributed by atoms with Crippen molar-refractivity contribution >= 4 is 24.2 Å². The second-order valence-corrected chi connectivity index (χ2v) is 6.94. The van der Waals surface area contributed by atoms with Crippen molar-refractivity contribution in [3.63, 3.8) is 0 Å². The van der Waals surface area contributed by atoms with E-state index in [1.54, 1.807) is 13.8 Å². The van der Waals surface area contributed by atoms with Crippen LogP contribution in [0, 0.1) is 13.8 Å². The van der Waals surface area contributed by atoms with Gasteiger partial charge in [0.05, 0.1) is 5.56 Å². The minimum atomic E-state index is -0.275. The Morgan fingerprint density at radius 2 is 2.04 bits per heavy atom. The molecule has 1 aliphatic heterocycles. The Morgan fingerprint density at radius 1 is 1.35 bits per heavy atom. The van der Waals surface area contributed by atoms with Crippen LogP contribution in [0.15, 0.2) is 10.9 Å². The van der Waals surface area contributed by atoms with Crippen molar-refractivity contribution in [2.75, 3.05) is 13.1 Å². The van der Waals surface area contributed by atoms with Crippen molar-refractivity contribution in [3.05, 3.63) is 33.2 Å². The molecule has 1 aromatic rings. The Bertz CT molecular complexity index is 709. The lowest BCUT2D eigenvalue weighted by molar-refractivity contribution is -0.122. The van der Waals surface area contributed by atoms with Gasteiger partial charge in [-0.3, -0.25) is 14.4 Å². The van der Waals surface area contributed by atoms with Crippen molar-refractivity contribution < 1.29 is 9.59 Å². The number of nitrogens with one attached hydrogen (secondary N) is 3. The number of halogens is 1. The van der Waals surface area contributed by atoms with Crippen LogP contribution in [0.5, 0.6) is 0 Å². The number of amides is 2. The average molecular weight is 385 g/mol. The maximum atomic E-state index is 12.6. The minimum Gasteiger partial charge on any atom is -0.352 e. The zero-order valence-electron chi connectivity index (χ0n) is 15.8. The molecule has 2 heterocycles. The van der Waals surface area contributed by atoms with Gasteiger partial charge in [-0.1, -0.05) is 0 Å². The molecule has 1 unspecified atom stereocenters. The minimum absolute atomic E-state index is 0. The number of hydrogen-bond donors (Lipinski definition) is 3. The molecule has 7 nitrogen and oxygen atoms in total. The molecule has 1 aliphatic rings. The number of pyridine rings is 1. The molecule has 0 aliphatic carbocycles. The van der Waals surface area contributed by atoms with Gasteiger partial charge in [0.15, 0.2) is 0 Å². The fourth-order valence-electron chi connectivity index (χ4n) is 3.21. The molecule has 26 heavy (non-hydrogen) atoms. The summed E-state index contributed by atoms with van der Waals surface area (Å²) in [4.78, 5) is 36.9. The fraction of sp³-hybridized carbons (Fsp3) is 0.611. The number of carbonyl (C=O) groups excluding carboxylic acids is 2. The zero-order valence-corrected chi connectivity index (χ0v) is 16.7. The van der Waals surface area contributed by atoms with Crippen LogP contribution in [0.25, 0.3) is 0 Å². The molecule has 0 spiro atoms. The van der Waals surface area contributed by atoms with E-state index in [2.05, 4.69) is 16.0 Å². The highest BCUT2D eigenvalue weighted by molar-refractivity contribution is 5.96. The third-order valence-corrected chi connectivity index (χ3v) is 4.42. The van der Waals surface area contributed by atoms with Gasteiger partial charge in [-0.15, -0.1) is 12.4 Å². The quantitative estimate of drug-likeness (QED) is 0.679. The van der Waals surface area contributed by atoms with Crippen LogP contribution >= 0.6 is 12.4 Å². The Labute approximate surface area is 160 Å². The summed E-state index contributed by atoms with van der Waals surface area (Å²) in [6, 6.07) is 1.71. The van der Waals surface area contributed by atoms with Gasteiger partial charge >= 0.3 is 0 Å². The van der Waals surface area contributed by atoms with Crippen molar-refractivity contribution in [3.8, 4) is 0 Å². The van der Waals surface area contributed by atoms with Crippen molar-refractivity contribution in [2.24, 2.45) is 0 Å². The highest BCUT2D eigenvalue weighted by Crippen LogP contribution is 2.12. The zero-order chi connectivity index (χ0) is 18.6. The highest BCUT2D eigenvalue weighted by Gasteiger charge is 2.20. The monoisotopic (exact) mass is 384 g/mol. The number of rotatable bonds is 6. The Balaban J connectivity index is 0.00000338. The van der Waals surface area contributed by atoms with Crippen LogP contribution in [-0.2, 0) is 11.3 Å². The van der Waals surface area contributed by atoms with E-state index in [1.165, 1.54) is 10.6 Å². The summed E-state index contributed by atoms with van der Waals surface area (Å²) in [6.07, 6.45) is 2.17. The molecular weight excluding hydrogens is 356 g/mol. The van der Waals surface area contributed by atoms with E-state index in [0.717, 1.165) is 19.4 Å². The lowest BCUT2D eigenvalue weighted by Crippen LogP contribution is -2.40. The molecule has 1 atom stereocenters. The van der Waals surface area contributed by atoms with Gasteiger partial charge in [-0.25, -0.2) is 0 Å². The Kier molecular flexibility index (Phi) is 8.30. The summed E-state index contributed by atoms with van der Waals surface area (Å²) in [7, 11) is 0. The second-order valence-electron chi connectivity index (χ2n) is 6.94. The van der Waals surface area contributed by atoms with Crippen LogP contribution in [0.1, 0.15) is 48.3 Å². The first-order valence-corrected chi connectivity index (χ1v) is 8.81. The largest absolute Gasteiger partial charge is 0.352 e. The van der Waals surface area contributed by atoms with Crippen molar-refractivity contribution in [1.82, 2.24) is 20.5 Å². The lowest BCUT2D eigenvalue weighted by atomic mass is 10.1. The number of nitrogens with zero attached hydrogens (tertiary/aromatic N) is 1. The molecule has 0 bridgehead atoms. The summed E-state index contributed by atoms with van der Waals surface area (Å²) in [5.74, 6) is -0.452. The number of hydrogen-bond acceptors (Lipinski definition) is 4. The first-order chi connectivity index (χ1) is 11.8. The predicted molar refractivity (Wildman–Crippen MR) is 104 cm³/mol. The lowest BCUT2D eigenvalue weighted by Gasteiger charge is -2.18. The van der Waals surface area contributed by atoms with E-state index in [4.69, 9.17) is 0 Å². The standard InChI is InChI=1S/C18H28N4O3.ClH/c1-11(2)21-15(23)10-22-13(4)17(12(3)8-16(22)24)18(25)20-9-14-6-5-7-19-14;/h8,11,14,19H,5-7,9-10H2,1-4H3,(H,20,25)(H,21,23);1H. The van der Waals surface area contributed by atoms with E-state index < -0.39 is 0 Å². The molecule has 0 radical (unpaired) electrons. The molecule has 1 aromatic heterocycles. The predicted octanol–water partition coefficient (Wildman–Crippen LogP) is 0.893. The van der Waals surface area contributed by atoms with Crippen LogP contribution in [0.3, 0.4) is 0 Å². The number of aromatic nitrogens is 1. The van der Waals surface area contributed by atoms with Gasteiger partial charge in [0, 0.05) is 30.4 Å². The SMILES string of the molecule is Cc1cc(=O)n(CC(=O)NC(C)C)c(C)c1C(=O)NCC1CCCN1.Cl. The van der Waals surface area contributed by atoms with E-state index in [-0.39, 0.29) is 42.4 Å². The van der Waals surface area contributed by atoms with Crippen molar-refractivity contribution in [2.45, 2.75) is 59.2 Å². The highest BCUT2D eigenvalue weighted by atomic mass is 35.5. The first-order valence-electron chi connectivity index (χ1n) is 8.81. The van der Waals surface area contributed by atoms with Crippen LogP contribution in [0.4, 0.5) is 0 Å². The summed E-state index contributed by atoms with van der Waals surface area (Å²) < 4.78 is 1.35. The fourth-order valence-corrected chi connectivity index (χ4v) is 3.21. The normalized spacial score (nSPS) is 16.3. The van der Waals surface area contributed by atoms with Crippen LogP contribution in [0.2, 0.25) is 0 Å². The number of aryl methyl sites for hydroxylation is 1. The average Bonchev–Trinajstić information content (AvgIpc) is 3.02.